The second kappa shape index (κ2) is 7.14. The molecule has 0 aliphatic carbocycles. The van der Waals surface area contributed by atoms with Gasteiger partial charge in [0.15, 0.2) is 0 Å². The molecule has 0 heterocycles. The first-order valence-electron chi connectivity index (χ1n) is 6.58. The molecule has 0 saturated carbocycles. The number of nitrogens with one attached hydrogen (secondary N) is 1. The molecule has 0 unspecified atom stereocenters. The molecule has 0 spiro atoms. The molecule has 1 aromatic carbocycles. The minimum absolute atomic E-state index is 0.0208. The first kappa shape index (κ1) is 15.5. The predicted molar refractivity (Wildman–Crippen MR) is 74.9 cm³/mol. The third-order valence-corrected chi connectivity index (χ3v) is 3.08. The van der Waals surface area contributed by atoms with Gasteiger partial charge in [-0.1, -0.05) is 26.0 Å². The number of hydrogen-bond acceptors (Lipinski definition) is 3. The molecule has 4 heteroatoms. The maximum atomic E-state index is 11.7. The summed E-state index contributed by atoms with van der Waals surface area (Å²) < 4.78 is 0. The molecule has 19 heavy (non-hydrogen) atoms. The highest BCUT2D eigenvalue weighted by molar-refractivity contribution is 5.78. The van der Waals surface area contributed by atoms with Gasteiger partial charge in [-0.2, -0.15) is 0 Å². The monoisotopic (exact) mass is 265 g/mol. The minimum Gasteiger partial charge on any atom is -0.508 e. The van der Waals surface area contributed by atoms with Gasteiger partial charge in [-0.05, 0) is 36.0 Å². The van der Waals surface area contributed by atoms with Gasteiger partial charge in [-0.3, -0.25) is 4.79 Å². The lowest BCUT2D eigenvalue weighted by Crippen LogP contribution is -2.27. The van der Waals surface area contributed by atoms with Crippen LogP contribution >= 0.6 is 0 Å². The average molecular weight is 265 g/mol. The number of carbonyl (C=O) groups is 1. The van der Waals surface area contributed by atoms with Crippen molar-refractivity contribution in [3.8, 4) is 5.75 Å². The van der Waals surface area contributed by atoms with E-state index in [4.69, 9.17) is 10.2 Å². The summed E-state index contributed by atoms with van der Waals surface area (Å²) in [5.41, 5.74) is 0.799. The molecule has 0 aromatic heterocycles. The van der Waals surface area contributed by atoms with E-state index in [-0.39, 0.29) is 23.7 Å². The molecule has 0 aliphatic heterocycles. The Morgan fingerprint density at radius 3 is 2.47 bits per heavy atom. The zero-order chi connectivity index (χ0) is 14.3. The van der Waals surface area contributed by atoms with Gasteiger partial charge in [0.2, 0.25) is 5.91 Å². The Morgan fingerprint density at radius 2 is 1.89 bits per heavy atom. The van der Waals surface area contributed by atoms with E-state index in [1.165, 1.54) is 0 Å². The summed E-state index contributed by atoms with van der Waals surface area (Å²) in [6.07, 6.45) is 2.06. The number of carbonyl (C=O) groups excluding carboxylic acids is 1. The van der Waals surface area contributed by atoms with Crippen molar-refractivity contribution in [1.82, 2.24) is 5.32 Å². The van der Waals surface area contributed by atoms with Gasteiger partial charge in [0.25, 0.3) is 0 Å². The van der Waals surface area contributed by atoms with Crippen molar-refractivity contribution >= 4 is 5.91 Å². The van der Waals surface area contributed by atoms with Crippen LogP contribution in [-0.4, -0.2) is 29.3 Å². The zero-order valence-electron chi connectivity index (χ0n) is 11.6. The maximum Gasteiger partial charge on any atom is 0.224 e. The third kappa shape index (κ3) is 6.25. The van der Waals surface area contributed by atoms with Crippen molar-refractivity contribution in [3.63, 3.8) is 0 Å². The Bertz CT molecular complexity index is 398. The van der Waals surface area contributed by atoms with Crippen LogP contribution in [0.25, 0.3) is 0 Å². The Labute approximate surface area is 114 Å². The second-order valence-electron chi connectivity index (χ2n) is 5.62. The van der Waals surface area contributed by atoms with Crippen molar-refractivity contribution in [1.29, 1.82) is 0 Å². The Hall–Kier alpha value is -1.55. The fraction of sp³-hybridized carbons (Fsp3) is 0.533. The Kier molecular flexibility index (Phi) is 5.83. The highest BCUT2D eigenvalue weighted by atomic mass is 16.3. The molecule has 0 bridgehead atoms. The van der Waals surface area contributed by atoms with Crippen LogP contribution in [0.3, 0.4) is 0 Å². The van der Waals surface area contributed by atoms with E-state index in [2.05, 4.69) is 5.32 Å². The average Bonchev–Trinajstić information content (AvgIpc) is 2.38. The fourth-order valence-corrected chi connectivity index (χ4v) is 1.74. The molecular formula is C15H23NO3. The topological polar surface area (TPSA) is 69.6 Å². The SMILES string of the molecule is CC(C)(CO)CCCNC(=O)Cc1ccc(O)cc1. The van der Waals surface area contributed by atoms with Crippen molar-refractivity contribution in [2.75, 3.05) is 13.2 Å². The highest BCUT2D eigenvalue weighted by Crippen LogP contribution is 2.20. The maximum absolute atomic E-state index is 11.7. The number of rotatable bonds is 7. The first-order chi connectivity index (χ1) is 8.93. The number of phenolic OH excluding ortho intramolecular Hbond substituents is 1. The summed E-state index contributed by atoms with van der Waals surface area (Å²) in [5, 5.41) is 21.1. The molecule has 1 aromatic rings. The fourth-order valence-electron chi connectivity index (χ4n) is 1.74. The number of aliphatic hydroxyl groups excluding tert-OH is 1. The van der Waals surface area contributed by atoms with Crippen LogP contribution in [0.5, 0.6) is 5.75 Å². The lowest BCUT2D eigenvalue weighted by molar-refractivity contribution is -0.120. The molecule has 1 rings (SSSR count). The van der Waals surface area contributed by atoms with E-state index in [0.717, 1.165) is 18.4 Å². The van der Waals surface area contributed by atoms with Crippen LogP contribution in [0.1, 0.15) is 32.3 Å². The van der Waals surface area contributed by atoms with Crippen LogP contribution in [0.4, 0.5) is 0 Å². The van der Waals surface area contributed by atoms with Crippen LogP contribution < -0.4 is 5.32 Å². The Balaban J connectivity index is 2.23. The van der Waals surface area contributed by atoms with E-state index in [9.17, 15) is 4.79 Å². The molecule has 0 radical (unpaired) electrons. The molecule has 0 atom stereocenters. The quantitative estimate of drug-likeness (QED) is 0.659. The highest BCUT2D eigenvalue weighted by Gasteiger charge is 2.15. The van der Waals surface area contributed by atoms with E-state index in [0.29, 0.717) is 13.0 Å². The van der Waals surface area contributed by atoms with Crippen LogP contribution in [0.15, 0.2) is 24.3 Å². The van der Waals surface area contributed by atoms with Crippen molar-refractivity contribution < 1.29 is 15.0 Å². The largest absolute Gasteiger partial charge is 0.508 e. The van der Waals surface area contributed by atoms with Gasteiger partial charge in [0.05, 0.1) is 6.42 Å². The van der Waals surface area contributed by atoms with Gasteiger partial charge >= 0.3 is 0 Å². The van der Waals surface area contributed by atoms with Crippen molar-refractivity contribution in [3.05, 3.63) is 29.8 Å². The molecule has 0 fully saturated rings. The van der Waals surface area contributed by atoms with Gasteiger partial charge in [0, 0.05) is 13.2 Å². The number of hydrogen-bond donors (Lipinski definition) is 3. The van der Waals surface area contributed by atoms with E-state index < -0.39 is 0 Å². The molecule has 106 valence electrons. The number of benzene rings is 1. The number of aliphatic hydroxyl groups is 1. The van der Waals surface area contributed by atoms with Gasteiger partial charge in [-0.15, -0.1) is 0 Å². The predicted octanol–water partition coefficient (Wildman–Crippen LogP) is 1.85. The number of phenols is 1. The van der Waals surface area contributed by atoms with Gasteiger partial charge in [0.1, 0.15) is 5.75 Å². The third-order valence-electron chi connectivity index (χ3n) is 3.08. The van der Waals surface area contributed by atoms with Crippen LogP contribution in [-0.2, 0) is 11.2 Å². The molecule has 1 amide bonds. The number of amides is 1. The molecule has 4 nitrogen and oxygen atoms in total. The summed E-state index contributed by atoms with van der Waals surface area (Å²) in [4.78, 5) is 11.7. The lowest BCUT2D eigenvalue weighted by Gasteiger charge is -2.21. The summed E-state index contributed by atoms with van der Waals surface area (Å²) in [5.74, 6) is 0.183. The Morgan fingerprint density at radius 1 is 1.26 bits per heavy atom. The molecular weight excluding hydrogens is 242 g/mol. The minimum atomic E-state index is -0.0817. The summed E-state index contributed by atoms with van der Waals surface area (Å²) in [6.45, 7) is 4.80. The molecule has 0 aliphatic rings. The normalized spacial score (nSPS) is 11.3. The van der Waals surface area contributed by atoms with Crippen molar-refractivity contribution in [2.45, 2.75) is 33.1 Å². The summed E-state index contributed by atoms with van der Waals surface area (Å²) in [6, 6.07) is 6.63. The summed E-state index contributed by atoms with van der Waals surface area (Å²) >= 11 is 0. The van der Waals surface area contributed by atoms with E-state index >= 15 is 0 Å². The summed E-state index contributed by atoms with van der Waals surface area (Å²) in [7, 11) is 0. The smallest absolute Gasteiger partial charge is 0.224 e. The standard InChI is InChI=1S/C15H23NO3/c1-15(2,11-17)8-3-9-16-14(19)10-12-4-6-13(18)7-5-12/h4-7,17-18H,3,8-11H2,1-2H3,(H,16,19). The van der Waals surface area contributed by atoms with E-state index in [1.807, 2.05) is 13.8 Å². The first-order valence-corrected chi connectivity index (χ1v) is 6.58. The number of aromatic hydroxyl groups is 1. The van der Waals surface area contributed by atoms with Gasteiger partial charge in [-0.25, -0.2) is 0 Å². The van der Waals surface area contributed by atoms with Crippen molar-refractivity contribution in [2.24, 2.45) is 5.41 Å². The van der Waals surface area contributed by atoms with Crippen LogP contribution in [0, 0.1) is 5.41 Å². The van der Waals surface area contributed by atoms with Gasteiger partial charge < -0.3 is 15.5 Å². The van der Waals surface area contributed by atoms with Crippen LogP contribution in [0.2, 0.25) is 0 Å². The van der Waals surface area contributed by atoms with E-state index in [1.54, 1.807) is 24.3 Å². The lowest BCUT2D eigenvalue weighted by atomic mass is 9.89. The zero-order valence-corrected chi connectivity index (χ0v) is 11.6. The molecule has 3 N–H and O–H groups in total. The molecule has 0 saturated heterocycles. The second-order valence-corrected chi connectivity index (χ2v) is 5.62.